The summed E-state index contributed by atoms with van der Waals surface area (Å²) in [6.07, 6.45) is 17.2. The number of ether oxygens (including phenoxy) is 3. The fraction of sp³-hybridized carbons (Fsp3) is 0.833. The lowest BCUT2D eigenvalue weighted by atomic mass is 9.63. The van der Waals surface area contributed by atoms with Crippen LogP contribution in [0.5, 0.6) is 0 Å². The second-order valence-electron chi connectivity index (χ2n) is 10.5. The molecule has 208 valence electrons. The molecule has 0 bridgehead atoms. The molecule has 0 heterocycles. The summed E-state index contributed by atoms with van der Waals surface area (Å²) < 4.78 is 16.4. The molecule has 0 aliphatic heterocycles. The Kier molecular flexibility index (Phi) is 17.2. The van der Waals surface area contributed by atoms with Gasteiger partial charge in [0.25, 0.3) is 0 Å². The molecule has 2 atom stereocenters. The summed E-state index contributed by atoms with van der Waals surface area (Å²) in [6.45, 7) is 9.91. The summed E-state index contributed by atoms with van der Waals surface area (Å²) in [4.78, 5) is 38.3. The van der Waals surface area contributed by atoms with Crippen molar-refractivity contribution in [3.05, 3.63) is 12.2 Å². The van der Waals surface area contributed by atoms with E-state index in [2.05, 4.69) is 20.4 Å². The molecule has 0 radical (unpaired) electrons. The lowest BCUT2D eigenvalue weighted by Gasteiger charge is -2.40. The molecule has 0 N–H and O–H groups in total. The zero-order chi connectivity index (χ0) is 26.7. The van der Waals surface area contributed by atoms with E-state index in [4.69, 9.17) is 14.2 Å². The van der Waals surface area contributed by atoms with Gasteiger partial charge < -0.3 is 14.2 Å². The maximum Gasteiger partial charge on any atom is 0.333 e. The molecule has 6 nitrogen and oxygen atoms in total. The fourth-order valence-corrected chi connectivity index (χ4v) is 5.14. The maximum absolute atomic E-state index is 13.5. The fourth-order valence-electron chi connectivity index (χ4n) is 5.14. The van der Waals surface area contributed by atoms with Gasteiger partial charge in [-0.1, -0.05) is 104 Å². The molecule has 6 heteroatoms. The van der Waals surface area contributed by atoms with Crippen LogP contribution < -0.4 is 0 Å². The van der Waals surface area contributed by atoms with Crippen LogP contribution in [0.3, 0.4) is 0 Å². The van der Waals surface area contributed by atoms with Crippen molar-refractivity contribution in [3.8, 4) is 0 Å². The molecule has 1 saturated carbocycles. The Hall–Kier alpha value is -1.85. The molecule has 0 aromatic carbocycles. The van der Waals surface area contributed by atoms with Gasteiger partial charge in [0.15, 0.2) is 0 Å². The highest BCUT2D eigenvalue weighted by molar-refractivity contribution is 5.87. The highest BCUT2D eigenvalue weighted by atomic mass is 16.6. The van der Waals surface area contributed by atoms with E-state index in [1.807, 2.05) is 0 Å². The Balaban J connectivity index is 2.75. The van der Waals surface area contributed by atoms with Gasteiger partial charge in [0.05, 0.1) is 17.9 Å². The molecular formula is C30H52O6. The molecule has 0 saturated heterocycles. The first kappa shape index (κ1) is 32.2. The lowest BCUT2D eigenvalue weighted by Crippen LogP contribution is -2.46. The van der Waals surface area contributed by atoms with Gasteiger partial charge in [-0.25, -0.2) is 4.79 Å². The first-order valence-electron chi connectivity index (χ1n) is 14.6. The van der Waals surface area contributed by atoms with Crippen LogP contribution in [0.2, 0.25) is 0 Å². The summed E-state index contributed by atoms with van der Waals surface area (Å²) in [5, 5.41) is 0. The third-order valence-corrected chi connectivity index (χ3v) is 7.34. The Bertz CT molecular complexity index is 658. The minimum atomic E-state index is -0.848. The van der Waals surface area contributed by atoms with E-state index in [0.717, 1.165) is 44.9 Å². The van der Waals surface area contributed by atoms with Crippen LogP contribution in [0.15, 0.2) is 12.2 Å². The van der Waals surface area contributed by atoms with Gasteiger partial charge in [-0.05, 0) is 32.6 Å². The van der Waals surface area contributed by atoms with Crippen LogP contribution in [0.25, 0.3) is 0 Å². The summed E-state index contributed by atoms with van der Waals surface area (Å²) >= 11 is 0. The Morgan fingerprint density at radius 3 is 1.97 bits per heavy atom. The van der Waals surface area contributed by atoms with Crippen LogP contribution in [0, 0.1) is 11.3 Å². The lowest BCUT2D eigenvalue weighted by molar-refractivity contribution is -0.175. The van der Waals surface area contributed by atoms with Crippen LogP contribution in [0.1, 0.15) is 130 Å². The van der Waals surface area contributed by atoms with Crippen LogP contribution in [-0.2, 0) is 28.6 Å². The summed E-state index contributed by atoms with van der Waals surface area (Å²) in [5.74, 6) is -1.56. The van der Waals surface area contributed by atoms with E-state index in [-0.39, 0.29) is 25.2 Å². The molecule has 1 rings (SSSR count). The van der Waals surface area contributed by atoms with E-state index >= 15 is 0 Å². The molecule has 0 amide bonds. The van der Waals surface area contributed by atoms with Crippen molar-refractivity contribution >= 4 is 17.9 Å². The van der Waals surface area contributed by atoms with Crippen molar-refractivity contribution < 1.29 is 28.6 Å². The predicted octanol–water partition coefficient (Wildman–Crippen LogP) is 7.48. The molecule has 0 spiro atoms. The van der Waals surface area contributed by atoms with Gasteiger partial charge in [0.1, 0.15) is 13.2 Å². The summed E-state index contributed by atoms with van der Waals surface area (Å²) in [6, 6.07) is 0. The highest BCUT2D eigenvalue weighted by Gasteiger charge is 2.51. The van der Waals surface area contributed by atoms with E-state index < -0.39 is 17.3 Å². The zero-order valence-corrected chi connectivity index (χ0v) is 23.4. The molecule has 0 aromatic heterocycles. The van der Waals surface area contributed by atoms with E-state index in [0.29, 0.717) is 31.4 Å². The van der Waals surface area contributed by atoms with Crippen molar-refractivity contribution in [3.63, 3.8) is 0 Å². The SMILES string of the molecule is C=C(C)C(=O)OCCOC(=O)C1(CCCCCCCC)CCCCC1C(=O)OCCCCCCCC. The molecule has 1 aliphatic carbocycles. The average molecular weight is 509 g/mol. The Morgan fingerprint density at radius 1 is 0.750 bits per heavy atom. The number of rotatable bonds is 20. The molecule has 2 unspecified atom stereocenters. The molecule has 36 heavy (non-hydrogen) atoms. The van der Waals surface area contributed by atoms with Crippen LogP contribution in [0.4, 0.5) is 0 Å². The van der Waals surface area contributed by atoms with Crippen LogP contribution in [-0.4, -0.2) is 37.7 Å². The second kappa shape index (κ2) is 19.3. The second-order valence-corrected chi connectivity index (χ2v) is 10.5. The predicted molar refractivity (Wildman–Crippen MR) is 143 cm³/mol. The van der Waals surface area contributed by atoms with Gasteiger partial charge in [-0.15, -0.1) is 0 Å². The number of unbranched alkanes of at least 4 members (excludes halogenated alkanes) is 10. The summed E-state index contributed by atoms with van der Waals surface area (Å²) in [7, 11) is 0. The van der Waals surface area contributed by atoms with Gasteiger partial charge in [-0.2, -0.15) is 0 Å². The largest absolute Gasteiger partial charge is 0.465 e. The van der Waals surface area contributed by atoms with E-state index in [1.165, 1.54) is 44.9 Å². The van der Waals surface area contributed by atoms with Crippen LogP contribution >= 0.6 is 0 Å². The zero-order valence-electron chi connectivity index (χ0n) is 23.4. The topological polar surface area (TPSA) is 78.9 Å². The van der Waals surface area contributed by atoms with E-state index in [1.54, 1.807) is 6.92 Å². The number of carbonyl (C=O) groups excluding carboxylic acids is 3. The average Bonchev–Trinajstić information content (AvgIpc) is 2.87. The monoisotopic (exact) mass is 508 g/mol. The maximum atomic E-state index is 13.5. The highest BCUT2D eigenvalue weighted by Crippen LogP contribution is 2.47. The minimum Gasteiger partial charge on any atom is -0.465 e. The van der Waals surface area contributed by atoms with Gasteiger partial charge in [0, 0.05) is 5.57 Å². The summed E-state index contributed by atoms with van der Waals surface area (Å²) in [5.41, 5.74) is -0.541. The normalized spacial score (nSPS) is 19.5. The Labute approximate surface area is 219 Å². The van der Waals surface area contributed by atoms with Gasteiger partial charge in [-0.3, -0.25) is 9.59 Å². The van der Waals surface area contributed by atoms with E-state index in [9.17, 15) is 14.4 Å². The number of carbonyl (C=O) groups is 3. The van der Waals surface area contributed by atoms with Crippen molar-refractivity contribution in [2.45, 2.75) is 130 Å². The van der Waals surface area contributed by atoms with Gasteiger partial charge in [0.2, 0.25) is 0 Å². The smallest absolute Gasteiger partial charge is 0.333 e. The molecule has 1 aliphatic rings. The standard InChI is InChI=1S/C30H52O6/c1-5-7-9-11-13-16-20-30(29(33)36-24-23-35-27(31)25(3)4)21-17-15-19-26(30)28(32)34-22-18-14-12-10-8-6-2/h26H,3,5-24H2,1-2,4H3. The molecule has 0 aromatic rings. The first-order valence-corrected chi connectivity index (χ1v) is 14.6. The molecular weight excluding hydrogens is 456 g/mol. The first-order chi connectivity index (χ1) is 17.4. The number of esters is 3. The van der Waals surface area contributed by atoms with Crippen molar-refractivity contribution in [2.24, 2.45) is 11.3 Å². The van der Waals surface area contributed by atoms with Crippen molar-refractivity contribution in [1.82, 2.24) is 0 Å². The molecule has 1 fully saturated rings. The third-order valence-electron chi connectivity index (χ3n) is 7.34. The quantitative estimate of drug-likeness (QED) is 0.0734. The van der Waals surface area contributed by atoms with Crippen molar-refractivity contribution in [1.29, 1.82) is 0 Å². The number of hydrogen-bond donors (Lipinski definition) is 0. The Morgan fingerprint density at radius 2 is 1.33 bits per heavy atom. The van der Waals surface area contributed by atoms with Gasteiger partial charge >= 0.3 is 17.9 Å². The number of hydrogen-bond acceptors (Lipinski definition) is 6. The third kappa shape index (κ3) is 11.9. The van der Waals surface area contributed by atoms with Crippen molar-refractivity contribution in [2.75, 3.05) is 19.8 Å². The minimum absolute atomic E-state index is 0.0162.